The van der Waals surface area contributed by atoms with Crippen molar-refractivity contribution in [2.24, 2.45) is 4.99 Å². The Balaban J connectivity index is 0.00000243. The van der Waals surface area contributed by atoms with Crippen LogP contribution in [-0.4, -0.2) is 51.9 Å². The minimum atomic E-state index is 0. The smallest absolute Gasteiger partial charge is 0.191 e. The van der Waals surface area contributed by atoms with Gasteiger partial charge in [0, 0.05) is 42.9 Å². The monoisotopic (exact) mass is 534 g/mol. The summed E-state index contributed by atoms with van der Waals surface area (Å²) >= 11 is 3.49. The van der Waals surface area contributed by atoms with Gasteiger partial charge < -0.3 is 20.3 Å². The van der Waals surface area contributed by atoms with Crippen molar-refractivity contribution in [3.05, 3.63) is 40.4 Å². The molecular weight excluding hydrogens is 507 g/mol. The predicted molar refractivity (Wildman–Crippen MR) is 123 cm³/mol. The molecular formula is C19H28BrIN4O. The first kappa shape index (κ1) is 21.5. The molecule has 26 heavy (non-hydrogen) atoms. The lowest BCUT2D eigenvalue weighted by Gasteiger charge is -2.21. The number of ether oxygens (including phenoxy) is 1. The van der Waals surface area contributed by atoms with Crippen LogP contribution in [-0.2, 0) is 4.74 Å². The molecule has 144 valence electrons. The van der Waals surface area contributed by atoms with Crippen molar-refractivity contribution in [3.63, 3.8) is 0 Å². The molecule has 1 fully saturated rings. The van der Waals surface area contributed by atoms with Crippen LogP contribution in [0.1, 0.15) is 19.3 Å². The summed E-state index contributed by atoms with van der Waals surface area (Å²) in [6, 6.07) is 8.96. The van der Waals surface area contributed by atoms with E-state index in [4.69, 9.17) is 4.74 Å². The minimum Gasteiger partial charge on any atom is -0.377 e. The van der Waals surface area contributed by atoms with Crippen molar-refractivity contribution >= 4 is 51.6 Å². The number of halogens is 2. The molecule has 0 aliphatic carbocycles. The third kappa shape index (κ3) is 6.42. The molecule has 0 spiro atoms. The number of rotatable bonds is 5. The van der Waals surface area contributed by atoms with Crippen LogP contribution in [0.3, 0.4) is 0 Å². The van der Waals surface area contributed by atoms with E-state index in [1.165, 1.54) is 11.3 Å². The van der Waals surface area contributed by atoms with Gasteiger partial charge in [0.25, 0.3) is 0 Å². The molecule has 0 amide bonds. The van der Waals surface area contributed by atoms with Crippen LogP contribution in [0.25, 0.3) is 0 Å². The zero-order valence-corrected chi connectivity index (χ0v) is 19.1. The van der Waals surface area contributed by atoms with Crippen LogP contribution < -0.4 is 15.5 Å². The lowest BCUT2D eigenvalue weighted by atomic mass is 10.1. The summed E-state index contributed by atoms with van der Waals surface area (Å²) in [5.41, 5.74) is 2.76. The van der Waals surface area contributed by atoms with Gasteiger partial charge in [-0.1, -0.05) is 27.6 Å². The Morgan fingerprint density at radius 1 is 1.35 bits per heavy atom. The first-order valence-electron chi connectivity index (χ1n) is 8.98. The molecule has 1 aromatic carbocycles. The van der Waals surface area contributed by atoms with Gasteiger partial charge in [0.05, 0.1) is 13.2 Å². The van der Waals surface area contributed by atoms with Crippen LogP contribution in [0, 0.1) is 0 Å². The number of guanidine groups is 1. The number of hydrogen-bond acceptors (Lipinski definition) is 3. The molecule has 0 aromatic heterocycles. The molecule has 1 atom stereocenters. The summed E-state index contributed by atoms with van der Waals surface area (Å²) < 4.78 is 6.47. The molecule has 2 heterocycles. The van der Waals surface area contributed by atoms with Crippen LogP contribution in [0.15, 0.2) is 45.4 Å². The predicted octanol–water partition coefficient (Wildman–Crippen LogP) is 3.55. The molecule has 1 unspecified atom stereocenters. The average Bonchev–Trinajstić information content (AvgIpc) is 3.11. The van der Waals surface area contributed by atoms with E-state index in [1.807, 2.05) is 7.05 Å². The Kier molecular flexibility index (Phi) is 9.21. The van der Waals surface area contributed by atoms with E-state index in [0.29, 0.717) is 6.04 Å². The zero-order valence-electron chi connectivity index (χ0n) is 15.2. The molecule has 5 nitrogen and oxygen atoms in total. The van der Waals surface area contributed by atoms with E-state index >= 15 is 0 Å². The summed E-state index contributed by atoms with van der Waals surface area (Å²) in [5.74, 6) is 0.898. The molecule has 2 aliphatic heterocycles. The van der Waals surface area contributed by atoms with Crippen molar-refractivity contribution in [1.82, 2.24) is 10.6 Å². The summed E-state index contributed by atoms with van der Waals surface area (Å²) in [6.07, 6.45) is 5.44. The fraction of sp³-hybridized carbons (Fsp3) is 0.526. The molecule has 1 aromatic rings. The van der Waals surface area contributed by atoms with Gasteiger partial charge in [-0.2, -0.15) is 0 Å². The van der Waals surface area contributed by atoms with E-state index in [1.54, 1.807) is 0 Å². The van der Waals surface area contributed by atoms with Crippen molar-refractivity contribution in [1.29, 1.82) is 0 Å². The fourth-order valence-corrected chi connectivity index (χ4v) is 3.55. The number of nitrogens with one attached hydrogen (secondary N) is 2. The maximum absolute atomic E-state index is 5.35. The summed E-state index contributed by atoms with van der Waals surface area (Å²) in [4.78, 5) is 6.79. The lowest BCUT2D eigenvalue weighted by Crippen LogP contribution is -2.45. The second-order valence-electron chi connectivity index (χ2n) is 6.49. The van der Waals surface area contributed by atoms with E-state index in [2.05, 4.69) is 66.8 Å². The normalized spacial score (nSPS) is 20.4. The zero-order chi connectivity index (χ0) is 17.5. The average molecular weight is 535 g/mol. The molecule has 7 heteroatoms. The number of nitrogens with zero attached hydrogens (tertiary/aromatic N) is 2. The second-order valence-corrected chi connectivity index (χ2v) is 7.40. The third-order valence-corrected chi connectivity index (χ3v) is 5.27. The lowest BCUT2D eigenvalue weighted by molar-refractivity contribution is 0.153. The molecule has 0 saturated carbocycles. The van der Waals surface area contributed by atoms with E-state index < -0.39 is 0 Å². The topological polar surface area (TPSA) is 48.9 Å². The van der Waals surface area contributed by atoms with Crippen molar-refractivity contribution in [3.8, 4) is 0 Å². The molecule has 3 rings (SSSR count). The Morgan fingerprint density at radius 2 is 2.15 bits per heavy atom. The SMILES string of the molecule is CN=C(NCCC1=CCOCC1)NC1CCN(c2ccc(Br)cc2)C1.I. The number of anilines is 1. The van der Waals surface area contributed by atoms with Gasteiger partial charge in [-0.05, 0) is 43.5 Å². The van der Waals surface area contributed by atoms with Gasteiger partial charge in [0.2, 0.25) is 0 Å². The molecule has 0 bridgehead atoms. The van der Waals surface area contributed by atoms with Crippen LogP contribution >= 0.6 is 39.9 Å². The number of aliphatic imine (C=N–C) groups is 1. The standard InChI is InChI=1S/C19H27BrN4O.HI/c1-21-19(22-10-6-15-8-12-25-13-9-15)23-17-7-11-24(14-17)18-4-2-16(20)3-5-18;/h2-5,8,17H,6-7,9-14H2,1H3,(H2,21,22,23);1H. The fourth-order valence-electron chi connectivity index (χ4n) is 3.29. The first-order chi connectivity index (χ1) is 12.2. The maximum Gasteiger partial charge on any atom is 0.191 e. The van der Waals surface area contributed by atoms with Crippen LogP contribution in [0.5, 0.6) is 0 Å². The molecule has 1 saturated heterocycles. The van der Waals surface area contributed by atoms with Crippen molar-refractivity contribution < 1.29 is 4.74 Å². The molecule has 2 N–H and O–H groups in total. The van der Waals surface area contributed by atoms with Crippen molar-refractivity contribution in [2.45, 2.75) is 25.3 Å². The highest BCUT2D eigenvalue weighted by atomic mass is 127. The largest absolute Gasteiger partial charge is 0.377 e. The molecule has 0 radical (unpaired) electrons. The maximum atomic E-state index is 5.35. The summed E-state index contributed by atoms with van der Waals surface area (Å²) in [7, 11) is 1.84. The Bertz CT molecular complexity index is 620. The van der Waals surface area contributed by atoms with Gasteiger partial charge in [0.15, 0.2) is 5.96 Å². The Hall–Kier alpha value is -0.800. The molecule has 2 aliphatic rings. The van der Waals surface area contributed by atoms with Crippen molar-refractivity contribution in [2.75, 3.05) is 44.8 Å². The Labute approximate surface area is 181 Å². The highest BCUT2D eigenvalue weighted by molar-refractivity contribution is 14.0. The van der Waals surface area contributed by atoms with E-state index in [0.717, 1.165) is 62.5 Å². The first-order valence-corrected chi connectivity index (χ1v) is 9.77. The minimum absolute atomic E-state index is 0. The highest BCUT2D eigenvalue weighted by Crippen LogP contribution is 2.22. The number of benzene rings is 1. The quantitative estimate of drug-likeness (QED) is 0.262. The highest BCUT2D eigenvalue weighted by Gasteiger charge is 2.23. The Morgan fingerprint density at radius 3 is 2.85 bits per heavy atom. The van der Waals surface area contributed by atoms with Gasteiger partial charge >= 0.3 is 0 Å². The summed E-state index contributed by atoms with van der Waals surface area (Å²) in [6.45, 7) is 4.60. The van der Waals surface area contributed by atoms with E-state index in [-0.39, 0.29) is 24.0 Å². The summed E-state index contributed by atoms with van der Waals surface area (Å²) in [5, 5.41) is 7.00. The van der Waals surface area contributed by atoms with Gasteiger partial charge in [-0.15, -0.1) is 24.0 Å². The van der Waals surface area contributed by atoms with E-state index in [9.17, 15) is 0 Å². The van der Waals surface area contributed by atoms with Crippen LogP contribution in [0.2, 0.25) is 0 Å². The van der Waals surface area contributed by atoms with Gasteiger partial charge in [-0.3, -0.25) is 4.99 Å². The second kappa shape index (κ2) is 11.1. The third-order valence-electron chi connectivity index (χ3n) is 4.74. The number of hydrogen-bond donors (Lipinski definition) is 2. The van der Waals surface area contributed by atoms with Gasteiger partial charge in [0.1, 0.15) is 0 Å². The van der Waals surface area contributed by atoms with Crippen LogP contribution in [0.4, 0.5) is 5.69 Å². The van der Waals surface area contributed by atoms with Gasteiger partial charge in [-0.25, -0.2) is 0 Å².